The SMILES string of the molecule is Cc1nc(SCC(=O)c2cc(C)n(-c3ccc(F)c(Cl)c3)c2C)c2c3c(sc2n1)CCC3. The number of thiophene rings is 1. The molecule has 0 saturated heterocycles. The molecule has 3 aromatic heterocycles. The van der Waals surface area contributed by atoms with E-state index < -0.39 is 5.82 Å². The first-order valence-corrected chi connectivity index (χ1v) is 12.6. The lowest BCUT2D eigenvalue weighted by atomic mass is 10.2. The van der Waals surface area contributed by atoms with Gasteiger partial charge in [-0.15, -0.1) is 11.3 Å². The van der Waals surface area contributed by atoms with E-state index in [-0.39, 0.29) is 10.8 Å². The number of Topliss-reactive ketones (excluding diaryl/α,β-unsaturated/α-hetero) is 1. The molecule has 0 fully saturated rings. The molecular formula is C24H21ClFN3OS2. The summed E-state index contributed by atoms with van der Waals surface area (Å²) in [4.78, 5) is 24.9. The predicted octanol–water partition coefficient (Wildman–Crippen LogP) is 6.66. The largest absolute Gasteiger partial charge is 0.318 e. The summed E-state index contributed by atoms with van der Waals surface area (Å²) in [5, 5.41) is 2.10. The minimum atomic E-state index is -0.461. The van der Waals surface area contributed by atoms with E-state index in [2.05, 4.69) is 9.97 Å². The van der Waals surface area contributed by atoms with Crippen molar-refractivity contribution in [2.75, 3.05) is 5.75 Å². The Bertz CT molecular complexity index is 1390. The number of thioether (sulfide) groups is 1. The maximum Gasteiger partial charge on any atom is 0.174 e. The molecule has 32 heavy (non-hydrogen) atoms. The second-order valence-electron chi connectivity index (χ2n) is 8.04. The Morgan fingerprint density at radius 2 is 2.03 bits per heavy atom. The van der Waals surface area contributed by atoms with Crippen molar-refractivity contribution in [3.8, 4) is 5.69 Å². The summed E-state index contributed by atoms with van der Waals surface area (Å²) < 4.78 is 15.5. The van der Waals surface area contributed by atoms with E-state index in [0.717, 1.165) is 51.0 Å². The van der Waals surface area contributed by atoms with Crippen molar-refractivity contribution in [1.29, 1.82) is 0 Å². The van der Waals surface area contributed by atoms with Gasteiger partial charge in [-0.1, -0.05) is 23.4 Å². The molecule has 0 unspecified atom stereocenters. The van der Waals surface area contributed by atoms with E-state index in [9.17, 15) is 9.18 Å². The van der Waals surface area contributed by atoms with Gasteiger partial charge in [-0.25, -0.2) is 14.4 Å². The maximum absolute atomic E-state index is 13.6. The van der Waals surface area contributed by atoms with Crippen LogP contribution in [0.1, 0.15) is 44.4 Å². The Morgan fingerprint density at radius 3 is 2.81 bits per heavy atom. The van der Waals surface area contributed by atoms with Crippen LogP contribution in [0.15, 0.2) is 29.3 Å². The van der Waals surface area contributed by atoms with E-state index >= 15 is 0 Å². The van der Waals surface area contributed by atoms with Crippen LogP contribution >= 0.6 is 34.7 Å². The zero-order valence-corrected chi connectivity index (χ0v) is 20.3. The summed E-state index contributed by atoms with van der Waals surface area (Å²) in [5.41, 5.74) is 4.48. The van der Waals surface area contributed by atoms with Gasteiger partial charge in [0.05, 0.1) is 10.8 Å². The predicted molar refractivity (Wildman–Crippen MR) is 129 cm³/mol. The fourth-order valence-corrected chi connectivity index (χ4v) is 6.98. The van der Waals surface area contributed by atoms with Gasteiger partial charge in [0.1, 0.15) is 21.5 Å². The number of carbonyl (C=O) groups excluding carboxylic acids is 1. The third-order valence-electron chi connectivity index (χ3n) is 5.88. The van der Waals surface area contributed by atoms with E-state index in [1.54, 1.807) is 23.5 Å². The standard InChI is InChI=1S/C24H21ClFN3OS2/c1-12-9-17(13(2)29(12)15-7-8-19(26)18(25)10-15)20(30)11-31-23-22-16-5-4-6-21(16)32-24(22)28-14(3)27-23/h7-10H,4-6,11H2,1-3H3. The Balaban J connectivity index is 1.44. The Kier molecular flexibility index (Phi) is 5.60. The lowest BCUT2D eigenvalue weighted by Crippen LogP contribution is -2.06. The van der Waals surface area contributed by atoms with Crippen molar-refractivity contribution in [1.82, 2.24) is 14.5 Å². The summed E-state index contributed by atoms with van der Waals surface area (Å²) in [6.45, 7) is 5.73. The van der Waals surface area contributed by atoms with Crippen molar-refractivity contribution in [2.24, 2.45) is 0 Å². The molecule has 1 aliphatic carbocycles. The number of aryl methyl sites for hydroxylation is 4. The minimum Gasteiger partial charge on any atom is -0.318 e. The molecule has 0 radical (unpaired) electrons. The van der Waals surface area contributed by atoms with Gasteiger partial charge in [0.15, 0.2) is 5.78 Å². The molecule has 0 spiro atoms. The number of aromatic nitrogens is 3. The summed E-state index contributed by atoms with van der Waals surface area (Å²) in [7, 11) is 0. The van der Waals surface area contributed by atoms with E-state index in [4.69, 9.17) is 11.6 Å². The third-order valence-corrected chi connectivity index (χ3v) is 8.33. The van der Waals surface area contributed by atoms with E-state index in [1.165, 1.54) is 34.7 Å². The quantitative estimate of drug-likeness (QED) is 0.180. The first kappa shape index (κ1) is 21.6. The number of ketones is 1. The molecule has 8 heteroatoms. The topological polar surface area (TPSA) is 47.8 Å². The lowest BCUT2D eigenvalue weighted by molar-refractivity contribution is 0.102. The highest BCUT2D eigenvalue weighted by Gasteiger charge is 2.23. The van der Waals surface area contributed by atoms with Crippen LogP contribution in [0.4, 0.5) is 4.39 Å². The summed E-state index contributed by atoms with van der Waals surface area (Å²) in [6, 6.07) is 6.48. The van der Waals surface area contributed by atoms with E-state index in [1.807, 2.05) is 31.4 Å². The maximum atomic E-state index is 13.6. The molecule has 3 heterocycles. The van der Waals surface area contributed by atoms with Gasteiger partial charge in [0, 0.05) is 32.9 Å². The van der Waals surface area contributed by atoms with Gasteiger partial charge in [-0.2, -0.15) is 0 Å². The molecular weight excluding hydrogens is 465 g/mol. The molecule has 0 atom stereocenters. The van der Waals surface area contributed by atoms with Gasteiger partial charge < -0.3 is 4.57 Å². The number of hydrogen-bond donors (Lipinski definition) is 0. The Labute approximate surface area is 198 Å². The van der Waals surface area contributed by atoms with Crippen LogP contribution in [-0.4, -0.2) is 26.1 Å². The van der Waals surface area contributed by atoms with Crippen molar-refractivity contribution >= 4 is 50.7 Å². The fraction of sp³-hybridized carbons (Fsp3) is 0.292. The van der Waals surface area contributed by atoms with Crippen LogP contribution in [0.3, 0.4) is 0 Å². The molecule has 5 rings (SSSR count). The van der Waals surface area contributed by atoms with Crippen LogP contribution in [0, 0.1) is 26.6 Å². The van der Waals surface area contributed by atoms with Gasteiger partial charge in [0.25, 0.3) is 0 Å². The number of halogens is 2. The molecule has 0 bridgehead atoms. The first-order chi connectivity index (χ1) is 15.3. The molecule has 4 aromatic rings. The van der Waals surface area contributed by atoms with Gasteiger partial charge in [-0.3, -0.25) is 4.79 Å². The normalized spacial score (nSPS) is 13.2. The second-order valence-corrected chi connectivity index (χ2v) is 10.5. The van der Waals surface area contributed by atoms with Gasteiger partial charge in [0.2, 0.25) is 0 Å². The smallest absolute Gasteiger partial charge is 0.174 e. The number of rotatable bonds is 5. The summed E-state index contributed by atoms with van der Waals surface area (Å²) in [5.74, 6) is 0.611. The number of hydrogen-bond acceptors (Lipinski definition) is 5. The zero-order valence-electron chi connectivity index (χ0n) is 18.0. The highest BCUT2D eigenvalue weighted by Crippen LogP contribution is 2.40. The Morgan fingerprint density at radius 1 is 1.22 bits per heavy atom. The average Bonchev–Trinajstić information content (AvgIpc) is 3.41. The molecule has 0 N–H and O–H groups in total. The monoisotopic (exact) mass is 485 g/mol. The number of nitrogens with zero attached hydrogens (tertiary/aromatic N) is 3. The van der Waals surface area contributed by atoms with Gasteiger partial charge in [-0.05, 0) is 69.9 Å². The third kappa shape index (κ3) is 3.66. The highest BCUT2D eigenvalue weighted by atomic mass is 35.5. The minimum absolute atomic E-state index is 0.0406. The van der Waals surface area contributed by atoms with Crippen molar-refractivity contribution < 1.29 is 9.18 Å². The second kappa shape index (κ2) is 8.28. The molecule has 0 amide bonds. The first-order valence-electron chi connectivity index (χ1n) is 10.4. The number of fused-ring (bicyclic) bond motifs is 3. The molecule has 1 aliphatic rings. The van der Waals surface area contributed by atoms with E-state index in [0.29, 0.717) is 11.3 Å². The summed E-state index contributed by atoms with van der Waals surface area (Å²) >= 11 is 9.23. The number of benzene rings is 1. The molecule has 1 aromatic carbocycles. The lowest BCUT2D eigenvalue weighted by Gasteiger charge is -2.11. The van der Waals surface area contributed by atoms with Crippen LogP contribution in [0.5, 0.6) is 0 Å². The van der Waals surface area contributed by atoms with Crippen LogP contribution < -0.4 is 0 Å². The van der Waals surface area contributed by atoms with Crippen molar-refractivity contribution in [3.63, 3.8) is 0 Å². The molecule has 0 aliphatic heterocycles. The fourth-order valence-electron chi connectivity index (χ4n) is 4.45. The van der Waals surface area contributed by atoms with Crippen molar-refractivity contribution in [3.05, 3.63) is 68.3 Å². The molecule has 164 valence electrons. The van der Waals surface area contributed by atoms with Crippen LogP contribution in [0.25, 0.3) is 15.9 Å². The average molecular weight is 486 g/mol. The van der Waals surface area contributed by atoms with Crippen LogP contribution in [-0.2, 0) is 12.8 Å². The molecule has 0 saturated carbocycles. The zero-order chi connectivity index (χ0) is 22.6. The summed E-state index contributed by atoms with van der Waals surface area (Å²) in [6.07, 6.45) is 3.34. The Hall–Kier alpha value is -2.22. The highest BCUT2D eigenvalue weighted by molar-refractivity contribution is 8.00. The van der Waals surface area contributed by atoms with Gasteiger partial charge >= 0.3 is 0 Å². The van der Waals surface area contributed by atoms with Crippen LogP contribution in [0.2, 0.25) is 5.02 Å². The number of carbonyl (C=O) groups is 1. The van der Waals surface area contributed by atoms with Crippen molar-refractivity contribution in [2.45, 2.75) is 45.1 Å². The molecule has 4 nitrogen and oxygen atoms in total.